The molecule has 24 heavy (non-hydrogen) atoms. The zero-order valence-electron chi connectivity index (χ0n) is 12.9. The van der Waals surface area contributed by atoms with E-state index in [2.05, 4.69) is 20.5 Å². The van der Waals surface area contributed by atoms with Crippen LogP contribution in [0, 0.1) is 0 Å². The first kappa shape index (κ1) is 15.4. The van der Waals surface area contributed by atoms with E-state index >= 15 is 0 Å². The second-order valence-electron chi connectivity index (χ2n) is 5.46. The quantitative estimate of drug-likeness (QED) is 0.534. The zero-order chi connectivity index (χ0) is 16.5. The van der Waals surface area contributed by atoms with Crippen LogP contribution in [0.25, 0.3) is 5.65 Å². The van der Waals surface area contributed by atoms with E-state index in [4.69, 9.17) is 4.74 Å². The molecule has 0 amide bonds. The maximum Gasteiger partial charge on any atom is 0.341 e. The number of hydrogen-bond donors (Lipinski definition) is 1. The minimum Gasteiger partial charge on any atom is -0.465 e. The van der Waals surface area contributed by atoms with Gasteiger partial charge in [0.2, 0.25) is 5.13 Å². The summed E-state index contributed by atoms with van der Waals surface area (Å²) in [6.45, 7) is 0. The third-order valence-corrected chi connectivity index (χ3v) is 5.61. The molecule has 3 aromatic heterocycles. The molecule has 1 aliphatic rings. The third kappa shape index (κ3) is 3.22. The Labute approximate surface area is 146 Å². The van der Waals surface area contributed by atoms with Crippen LogP contribution in [-0.2, 0) is 10.5 Å². The first-order valence-corrected chi connectivity index (χ1v) is 9.31. The fraction of sp³-hybridized carbons (Fsp3) is 0.333. The average Bonchev–Trinajstić information content (AvgIpc) is 3.13. The summed E-state index contributed by atoms with van der Waals surface area (Å²) in [5, 5.41) is 12.6. The lowest BCUT2D eigenvalue weighted by molar-refractivity contribution is 0.0602. The molecular formula is C15H15N5O2S2. The minimum absolute atomic E-state index is 0.384. The molecule has 0 aliphatic heterocycles. The van der Waals surface area contributed by atoms with Crippen molar-refractivity contribution in [3.8, 4) is 0 Å². The lowest BCUT2D eigenvalue weighted by atomic mass is 10.3. The molecule has 0 spiro atoms. The number of methoxy groups -OCH3 is 1. The van der Waals surface area contributed by atoms with Crippen LogP contribution in [0.15, 0.2) is 28.9 Å². The molecule has 4 rings (SSSR count). The Bertz CT molecular complexity index is 887. The lowest BCUT2D eigenvalue weighted by Gasteiger charge is -2.00. The SMILES string of the molecule is COC(=O)c1cccn2cc(CSc3nnc(NC4CC4)s3)nc12. The van der Waals surface area contributed by atoms with Crippen LogP contribution >= 0.6 is 23.1 Å². The monoisotopic (exact) mass is 361 g/mol. The molecular weight excluding hydrogens is 346 g/mol. The molecule has 3 aromatic rings. The van der Waals surface area contributed by atoms with Crippen molar-refractivity contribution >= 4 is 39.8 Å². The fourth-order valence-electron chi connectivity index (χ4n) is 2.27. The first-order chi connectivity index (χ1) is 11.7. The van der Waals surface area contributed by atoms with E-state index in [1.807, 2.05) is 16.8 Å². The molecule has 3 heterocycles. The Morgan fingerprint density at radius 1 is 1.50 bits per heavy atom. The van der Waals surface area contributed by atoms with Gasteiger partial charge in [-0.3, -0.25) is 0 Å². The maximum atomic E-state index is 11.8. The maximum absolute atomic E-state index is 11.8. The Morgan fingerprint density at radius 3 is 3.17 bits per heavy atom. The molecule has 0 unspecified atom stereocenters. The summed E-state index contributed by atoms with van der Waals surface area (Å²) >= 11 is 3.15. The highest BCUT2D eigenvalue weighted by Gasteiger charge is 2.22. The molecule has 1 fully saturated rings. The zero-order valence-corrected chi connectivity index (χ0v) is 14.6. The van der Waals surface area contributed by atoms with Crippen molar-refractivity contribution in [2.75, 3.05) is 12.4 Å². The highest BCUT2D eigenvalue weighted by Crippen LogP contribution is 2.31. The van der Waals surface area contributed by atoms with Gasteiger partial charge in [-0.15, -0.1) is 10.2 Å². The summed E-state index contributed by atoms with van der Waals surface area (Å²) in [7, 11) is 1.37. The number of imidazole rings is 1. The van der Waals surface area contributed by atoms with Crippen molar-refractivity contribution in [3.63, 3.8) is 0 Å². The van der Waals surface area contributed by atoms with Gasteiger partial charge in [-0.2, -0.15) is 0 Å². The van der Waals surface area contributed by atoms with E-state index in [1.54, 1.807) is 35.2 Å². The van der Waals surface area contributed by atoms with E-state index in [-0.39, 0.29) is 5.97 Å². The second kappa shape index (κ2) is 6.40. The number of rotatable bonds is 6. The number of anilines is 1. The summed E-state index contributed by atoms with van der Waals surface area (Å²) in [5.74, 6) is 0.283. The molecule has 0 aromatic carbocycles. The number of pyridine rings is 1. The number of nitrogens with one attached hydrogen (secondary N) is 1. The first-order valence-electron chi connectivity index (χ1n) is 7.50. The molecule has 1 N–H and O–H groups in total. The molecule has 9 heteroatoms. The van der Waals surface area contributed by atoms with Crippen LogP contribution in [0.2, 0.25) is 0 Å². The highest BCUT2D eigenvalue weighted by atomic mass is 32.2. The predicted octanol–water partition coefficient (Wildman–Crippen LogP) is 2.84. The standard InChI is InChI=1S/C15H15N5O2S2/c1-22-13(21)11-3-2-6-20-7-10(16-12(11)20)8-23-15-19-18-14(24-15)17-9-4-5-9/h2-3,6-7,9H,4-5,8H2,1H3,(H,17,18). The van der Waals surface area contributed by atoms with Crippen molar-refractivity contribution in [2.45, 2.75) is 29.0 Å². The van der Waals surface area contributed by atoms with Gasteiger partial charge in [-0.05, 0) is 25.0 Å². The van der Waals surface area contributed by atoms with Gasteiger partial charge in [0.05, 0.1) is 12.8 Å². The number of carbonyl (C=O) groups is 1. The van der Waals surface area contributed by atoms with Crippen molar-refractivity contribution < 1.29 is 9.53 Å². The second-order valence-corrected chi connectivity index (χ2v) is 7.66. The summed E-state index contributed by atoms with van der Waals surface area (Å²) in [4.78, 5) is 16.4. The average molecular weight is 361 g/mol. The third-order valence-electron chi connectivity index (χ3n) is 3.59. The molecule has 1 saturated carbocycles. The van der Waals surface area contributed by atoms with Crippen molar-refractivity contribution in [1.29, 1.82) is 0 Å². The van der Waals surface area contributed by atoms with Crippen LogP contribution in [0.4, 0.5) is 5.13 Å². The normalized spacial score (nSPS) is 14.0. The van der Waals surface area contributed by atoms with E-state index in [0.717, 1.165) is 15.2 Å². The summed E-state index contributed by atoms with van der Waals surface area (Å²) in [6.07, 6.45) is 6.21. The van der Waals surface area contributed by atoms with Gasteiger partial charge in [0.15, 0.2) is 9.99 Å². The van der Waals surface area contributed by atoms with Gasteiger partial charge in [0.1, 0.15) is 5.56 Å². The fourth-order valence-corrected chi connectivity index (χ4v) is 3.98. The minimum atomic E-state index is -0.384. The van der Waals surface area contributed by atoms with Gasteiger partial charge in [-0.25, -0.2) is 9.78 Å². The van der Waals surface area contributed by atoms with Crippen LogP contribution in [0.1, 0.15) is 28.9 Å². The molecule has 0 radical (unpaired) electrons. The Kier molecular flexibility index (Phi) is 4.11. The van der Waals surface area contributed by atoms with E-state index in [9.17, 15) is 4.79 Å². The van der Waals surface area contributed by atoms with Crippen LogP contribution in [0.3, 0.4) is 0 Å². The molecule has 0 saturated heterocycles. The van der Waals surface area contributed by atoms with Gasteiger partial charge in [-0.1, -0.05) is 23.1 Å². The van der Waals surface area contributed by atoms with E-state index in [0.29, 0.717) is 23.0 Å². The van der Waals surface area contributed by atoms with E-state index < -0.39 is 0 Å². The van der Waals surface area contributed by atoms with Crippen LogP contribution in [0.5, 0.6) is 0 Å². The van der Waals surface area contributed by atoms with Gasteiger partial charge < -0.3 is 14.5 Å². The summed E-state index contributed by atoms with van der Waals surface area (Å²) < 4.78 is 7.54. The number of aromatic nitrogens is 4. The van der Waals surface area contributed by atoms with Crippen molar-refractivity contribution in [1.82, 2.24) is 19.6 Å². The molecule has 124 valence electrons. The number of hydrogen-bond acceptors (Lipinski definition) is 8. The van der Waals surface area contributed by atoms with E-state index in [1.165, 1.54) is 20.0 Å². The molecule has 1 aliphatic carbocycles. The number of ether oxygens (including phenoxy) is 1. The Balaban J connectivity index is 1.48. The number of thioether (sulfide) groups is 1. The van der Waals surface area contributed by atoms with Gasteiger partial charge in [0.25, 0.3) is 0 Å². The largest absolute Gasteiger partial charge is 0.465 e. The summed E-state index contributed by atoms with van der Waals surface area (Å²) in [5.41, 5.74) is 1.94. The van der Waals surface area contributed by atoms with Crippen LogP contribution in [-0.4, -0.2) is 38.7 Å². The predicted molar refractivity (Wildman–Crippen MR) is 92.6 cm³/mol. The van der Waals surface area contributed by atoms with Crippen molar-refractivity contribution in [2.24, 2.45) is 0 Å². The molecule has 0 atom stereocenters. The smallest absolute Gasteiger partial charge is 0.341 e. The Hall–Kier alpha value is -2.13. The van der Waals surface area contributed by atoms with Crippen LogP contribution < -0.4 is 5.32 Å². The van der Waals surface area contributed by atoms with Gasteiger partial charge >= 0.3 is 5.97 Å². The highest BCUT2D eigenvalue weighted by molar-refractivity contribution is 8.00. The number of carbonyl (C=O) groups excluding carboxylic acids is 1. The molecule has 7 nitrogen and oxygen atoms in total. The number of fused-ring (bicyclic) bond motifs is 1. The van der Waals surface area contributed by atoms with Gasteiger partial charge in [0, 0.05) is 24.2 Å². The lowest BCUT2D eigenvalue weighted by Crippen LogP contribution is -2.03. The number of nitrogens with zero attached hydrogens (tertiary/aromatic N) is 4. The molecule has 0 bridgehead atoms. The Morgan fingerprint density at radius 2 is 2.38 bits per heavy atom. The topological polar surface area (TPSA) is 81.4 Å². The summed E-state index contributed by atoms with van der Waals surface area (Å²) in [6, 6.07) is 4.09. The van der Waals surface area contributed by atoms with Crippen molar-refractivity contribution in [3.05, 3.63) is 35.8 Å². The number of esters is 1.